The molecule has 122 valence electrons. The molecule has 1 aromatic heterocycles. The Hall–Kier alpha value is -3.42. The summed E-state index contributed by atoms with van der Waals surface area (Å²) in [7, 11) is 1.60. The van der Waals surface area contributed by atoms with Crippen LogP contribution in [0.15, 0.2) is 48.5 Å². The summed E-state index contributed by atoms with van der Waals surface area (Å²) in [6.45, 7) is 0.144. The molecule has 0 spiro atoms. The lowest BCUT2D eigenvalue weighted by atomic mass is 10.2. The van der Waals surface area contributed by atoms with Crippen molar-refractivity contribution in [3.8, 4) is 17.2 Å². The summed E-state index contributed by atoms with van der Waals surface area (Å²) in [5.41, 5.74) is 0.978. The summed E-state index contributed by atoms with van der Waals surface area (Å²) in [5.74, 6) is 0.805. The molecule has 0 saturated carbocycles. The van der Waals surface area contributed by atoms with Crippen LogP contribution in [-0.2, 0) is 6.61 Å². The number of carboxylic acids is 1. The zero-order valence-electron chi connectivity index (χ0n) is 12.8. The zero-order valence-corrected chi connectivity index (χ0v) is 12.8. The number of hydrogen-bond acceptors (Lipinski definition) is 6. The third kappa shape index (κ3) is 3.32. The second-order valence-corrected chi connectivity index (χ2v) is 4.82. The van der Waals surface area contributed by atoms with Gasteiger partial charge in [0.1, 0.15) is 18.1 Å². The highest BCUT2D eigenvalue weighted by Crippen LogP contribution is 2.17. The molecular weight excluding hydrogens is 312 g/mol. The number of nitrogens with zero attached hydrogens (tertiary/aromatic N) is 4. The molecule has 0 atom stereocenters. The maximum atomic E-state index is 10.8. The fraction of sp³-hybridized carbons (Fsp3) is 0.125. The maximum absolute atomic E-state index is 10.8. The Labute approximate surface area is 137 Å². The molecule has 8 heteroatoms. The lowest BCUT2D eigenvalue weighted by molar-refractivity contribution is 0.0697. The first-order valence-corrected chi connectivity index (χ1v) is 7.05. The molecule has 0 unspecified atom stereocenters. The number of tetrazole rings is 1. The number of aromatic nitrogens is 4. The minimum absolute atomic E-state index is 0.144. The van der Waals surface area contributed by atoms with E-state index in [1.165, 1.54) is 12.1 Å². The highest BCUT2D eigenvalue weighted by atomic mass is 16.5. The van der Waals surface area contributed by atoms with Gasteiger partial charge in [-0.1, -0.05) is 0 Å². The highest BCUT2D eigenvalue weighted by molar-refractivity contribution is 5.87. The molecule has 1 heterocycles. The first-order valence-electron chi connectivity index (χ1n) is 7.05. The number of methoxy groups -OCH3 is 1. The number of aromatic carboxylic acids is 1. The second-order valence-electron chi connectivity index (χ2n) is 4.82. The molecule has 3 rings (SSSR count). The van der Waals surface area contributed by atoms with Crippen molar-refractivity contribution in [3.63, 3.8) is 0 Å². The van der Waals surface area contributed by atoms with Gasteiger partial charge < -0.3 is 14.6 Å². The predicted octanol–water partition coefficient (Wildman–Crippen LogP) is 1.95. The number of carboxylic acid groups (broad SMARTS) is 1. The Kier molecular flexibility index (Phi) is 4.37. The highest BCUT2D eigenvalue weighted by Gasteiger charge is 2.10. The fourth-order valence-electron chi connectivity index (χ4n) is 2.06. The monoisotopic (exact) mass is 326 g/mol. The van der Waals surface area contributed by atoms with Gasteiger partial charge in [-0.15, -0.1) is 5.10 Å². The molecule has 0 aliphatic heterocycles. The van der Waals surface area contributed by atoms with Crippen molar-refractivity contribution in [2.45, 2.75) is 6.61 Å². The molecule has 0 bridgehead atoms. The van der Waals surface area contributed by atoms with Crippen LogP contribution in [0.1, 0.15) is 16.2 Å². The van der Waals surface area contributed by atoms with E-state index in [1.54, 1.807) is 23.9 Å². The molecule has 2 aromatic carbocycles. The zero-order chi connectivity index (χ0) is 16.9. The largest absolute Gasteiger partial charge is 0.497 e. The van der Waals surface area contributed by atoms with Crippen LogP contribution >= 0.6 is 0 Å². The van der Waals surface area contributed by atoms with Crippen LogP contribution in [0.5, 0.6) is 11.5 Å². The maximum Gasteiger partial charge on any atom is 0.335 e. The number of hydrogen-bond donors (Lipinski definition) is 1. The van der Waals surface area contributed by atoms with Crippen molar-refractivity contribution in [1.29, 1.82) is 0 Å². The lowest BCUT2D eigenvalue weighted by Crippen LogP contribution is -2.07. The minimum atomic E-state index is -0.981. The molecular formula is C16H14N4O4. The molecule has 24 heavy (non-hydrogen) atoms. The summed E-state index contributed by atoms with van der Waals surface area (Å²) in [5, 5.41) is 20.4. The van der Waals surface area contributed by atoms with Crippen LogP contribution in [0.25, 0.3) is 5.69 Å². The van der Waals surface area contributed by atoms with Gasteiger partial charge in [-0.05, 0) is 59.0 Å². The quantitative estimate of drug-likeness (QED) is 0.739. The van der Waals surface area contributed by atoms with Crippen molar-refractivity contribution in [2.75, 3.05) is 7.11 Å². The van der Waals surface area contributed by atoms with Crippen LogP contribution in [0.2, 0.25) is 0 Å². The smallest absolute Gasteiger partial charge is 0.335 e. The van der Waals surface area contributed by atoms with Crippen molar-refractivity contribution in [3.05, 3.63) is 59.9 Å². The van der Waals surface area contributed by atoms with E-state index in [0.717, 1.165) is 11.4 Å². The third-order valence-electron chi connectivity index (χ3n) is 3.32. The Morgan fingerprint density at radius 3 is 2.38 bits per heavy atom. The standard InChI is InChI=1S/C16H14N4O4/c1-23-13-8-4-12(5-9-13)20-15(17-18-19-20)10-24-14-6-2-11(3-7-14)16(21)22/h2-9H,10H2,1H3,(H,21,22). The van der Waals surface area contributed by atoms with Gasteiger partial charge in [0.25, 0.3) is 0 Å². The minimum Gasteiger partial charge on any atom is -0.497 e. The molecule has 0 aliphatic carbocycles. The van der Waals surface area contributed by atoms with E-state index < -0.39 is 5.97 Å². The van der Waals surface area contributed by atoms with Crippen LogP contribution in [0, 0.1) is 0 Å². The third-order valence-corrected chi connectivity index (χ3v) is 3.32. The van der Waals surface area contributed by atoms with E-state index in [0.29, 0.717) is 11.6 Å². The van der Waals surface area contributed by atoms with Gasteiger partial charge in [-0.25, -0.2) is 4.79 Å². The van der Waals surface area contributed by atoms with Crippen LogP contribution in [0.4, 0.5) is 0 Å². The Morgan fingerprint density at radius 2 is 1.75 bits per heavy atom. The molecule has 1 N–H and O–H groups in total. The van der Waals surface area contributed by atoms with Gasteiger partial charge >= 0.3 is 5.97 Å². The first kappa shape index (κ1) is 15.5. The molecule has 0 saturated heterocycles. The van der Waals surface area contributed by atoms with Gasteiger partial charge in [0.05, 0.1) is 18.4 Å². The van der Waals surface area contributed by atoms with Crippen molar-refractivity contribution >= 4 is 5.97 Å². The van der Waals surface area contributed by atoms with E-state index in [4.69, 9.17) is 14.6 Å². The normalized spacial score (nSPS) is 10.4. The van der Waals surface area contributed by atoms with E-state index in [9.17, 15) is 4.79 Å². The lowest BCUT2D eigenvalue weighted by Gasteiger charge is -2.08. The van der Waals surface area contributed by atoms with Gasteiger partial charge in [0.2, 0.25) is 0 Å². The summed E-state index contributed by atoms with van der Waals surface area (Å²) in [6, 6.07) is 13.4. The van der Waals surface area contributed by atoms with Crippen molar-refractivity contribution in [1.82, 2.24) is 20.2 Å². The van der Waals surface area contributed by atoms with E-state index in [2.05, 4.69) is 15.5 Å². The number of ether oxygens (including phenoxy) is 2. The molecule has 0 amide bonds. The first-order chi connectivity index (χ1) is 11.7. The number of rotatable bonds is 6. The SMILES string of the molecule is COc1ccc(-n2nnnc2COc2ccc(C(=O)O)cc2)cc1. The van der Waals surface area contributed by atoms with Crippen molar-refractivity contribution in [2.24, 2.45) is 0 Å². The summed E-state index contributed by atoms with van der Waals surface area (Å²) in [6.07, 6.45) is 0. The second kappa shape index (κ2) is 6.78. The molecule has 3 aromatic rings. The van der Waals surface area contributed by atoms with E-state index in [1.807, 2.05) is 24.3 Å². The van der Waals surface area contributed by atoms with Crippen LogP contribution < -0.4 is 9.47 Å². The summed E-state index contributed by atoms with van der Waals surface area (Å²) >= 11 is 0. The average Bonchev–Trinajstić information content (AvgIpc) is 3.09. The predicted molar refractivity (Wildman–Crippen MR) is 83.4 cm³/mol. The molecule has 0 aliphatic rings. The number of benzene rings is 2. The van der Waals surface area contributed by atoms with Crippen molar-refractivity contribution < 1.29 is 19.4 Å². The summed E-state index contributed by atoms with van der Waals surface area (Å²) < 4.78 is 12.3. The van der Waals surface area contributed by atoms with E-state index in [-0.39, 0.29) is 12.2 Å². The molecule has 0 fully saturated rings. The van der Waals surface area contributed by atoms with Gasteiger partial charge in [-0.3, -0.25) is 0 Å². The van der Waals surface area contributed by atoms with Crippen LogP contribution in [-0.4, -0.2) is 38.4 Å². The fourth-order valence-corrected chi connectivity index (χ4v) is 2.06. The average molecular weight is 326 g/mol. The van der Waals surface area contributed by atoms with Gasteiger partial charge in [-0.2, -0.15) is 4.68 Å². The van der Waals surface area contributed by atoms with Gasteiger partial charge in [0.15, 0.2) is 5.82 Å². The van der Waals surface area contributed by atoms with E-state index >= 15 is 0 Å². The summed E-state index contributed by atoms with van der Waals surface area (Å²) in [4.78, 5) is 10.8. The number of carbonyl (C=O) groups is 1. The topological polar surface area (TPSA) is 99.4 Å². The molecule has 0 radical (unpaired) electrons. The molecule has 8 nitrogen and oxygen atoms in total. The van der Waals surface area contributed by atoms with Gasteiger partial charge in [0, 0.05) is 0 Å². The van der Waals surface area contributed by atoms with Crippen LogP contribution in [0.3, 0.4) is 0 Å². The Bertz CT molecular complexity index is 828. The Morgan fingerprint density at radius 1 is 1.08 bits per heavy atom. The Balaban J connectivity index is 1.72.